The molecule has 1 aromatic rings. The second-order valence-electron chi connectivity index (χ2n) is 3.24. The lowest BCUT2D eigenvalue weighted by Crippen LogP contribution is -2.26. The third-order valence-electron chi connectivity index (χ3n) is 2.12. The largest absolute Gasteiger partial charge is 0.383 e. The summed E-state index contributed by atoms with van der Waals surface area (Å²) >= 11 is 0. The van der Waals surface area contributed by atoms with Crippen LogP contribution in [0.1, 0.15) is 18.9 Å². The molecule has 4 nitrogen and oxygen atoms in total. The zero-order valence-electron chi connectivity index (χ0n) is 8.60. The van der Waals surface area contributed by atoms with E-state index in [1.807, 2.05) is 0 Å². The van der Waals surface area contributed by atoms with E-state index in [4.69, 9.17) is 5.73 Å². The summed E-state index contributed by atoms with van der Waals surface area (Å²) in [4.78, 5) is 15.2. The molecule has 0 bridgehead atoms. The molecule has 0 amide bonds. The van der Waals surface area contributed by atoms with Crippen LogP contribution in [0.15, 0.2) is 42.4 Å². The van der Waals surface area contributed by atoms with Crippen molar-refractivity contribution in [2.24, 2.45) is 0 Å². The molecule has 0 fully saturated rings. The van der Waals surface area contributed by atoms with Crippen LogP contribution in [0.3, 0.4) is 0 Å². The average molecular weight is 205 g/mol. The molecule has 0 atom stereocenters. The molecule has 0 radical (unpaired) electrons. The first-order valence-electron chi connectivity index (χ1n) is 4.75. The summed E-state index contributed by atoms with van der Waals surface area (Å²) in [5.41, 5.74) is 5.08. The Morgan fingerprint density at radius 1 is 1.47 bits per heavy atom. The number of nitrogens with two attached hydrogens (primary N) is 1. The van der Waals surface area contributed by atoms with Crippen molar-refractivity contribution in [2.45, 2.75) is 18.9 Å². The Labute approximate surface area is 88.8 Å². The molecule has 0 saturated heterocycles. The van der Waals surface area contributed by atoms with Crippen LogP contribution in [0, 0.1) is 0 Å². The number of rotatable bonds is 5. The first-order valence-corrected chi connectivity index (χ1v) is 4.75. The number of nitrogens with zero attached hydrogens (tertiary/aromatic N) is 2. The summed E-state index contributed by atoms with van der Waals surface area (Å²) < 4.78 is 1.56. The molecule has 0 unspecified atom stereocenters. The van der Waals surface area contributed by atoms with Crippen molar-refractivity contribution in [3.8, 4) is 0 Å². The van der Waals surface area contributed by atoms with Gasteiger partial charge in [-0.15, -0.1) is 13.2 Å². The van der Waals surface area contributed by atoms with Gasteiger partial charge in [0.2, 0.25) is 0 Å². The maximum Gasteiger partial charge on any atom is 0.349 e. The van der Waals surface area contributed by atoms with Crippen LogP contribution in [-0.2, 0) is 0 Å². The van der Waals surface area contributed by atoms with Gasteiger partial charge in [-0.3, -0.25) is 4.57 Å². The van der Waals surface area contributed by atoms with Crippen molar-refractivity contribution in [1.82, 2.24) is 9.55 Å². The molecule has 0 aliphatic carbocycles. The maximum absolute atomic E-state index is 11.5. The summed E-state index contributed by atoms with van der Waals surface area (Å²) in [6.07, 6.45) is 6.62. The van der Waals surface area contributed by atoms with Crippen LogP contribution in [0.5, 0.6) is 0 Å². The molecule has 1 rings (SSSR count). The van der Waals surface area contributed by atoms with E-state index in [0.29, 0.717) is 12.8 Å². The Morgan fingerprint density at radius 3 is 2.53 bits per heavy atom. The monoisotopic (exact) mass is 205 g/mol. The van der Waals surface area contributed by atoms with Gasteiger partial charge in [0.1, 0.15) is 5.82 Å². The van der Waals surface area contributed by atoms with Crippen molar-refractivity contribution >= 4 is 5.82 Å². The average Bonchev–Trinajstić information content (AvgIpc) is 2.17. The number of hydrogen-bond acceptors (Lipinski definition) is 3. The fourth-order valence-corrected chi connectivity index (χ4v) is 1.41. The van der Waals surface area contributed by atoms with Crippen LogP contribution in [-0.4, -0.2) is 9.55 Å². The first kappa shape index (κ1) is 11.2. The lowest BCUT2D eigenvalue weighted by atomic mass is 10.1. The van der Waals surface area contributed by atoms with Crippen molar-refractivity contribution < 1.29 is 0 Å². The van der Waals surface area contributed by atoms with Gasteiger partial charge in [-0.2, -0.15) is 4.98 Å². The molecule has 0 aliphatic rings. The van der Waals surface area contributed by atoms with Crippen molar-refractivity contribution in [2.75, 3.05) is 5.73 Å². The smallest absolute Gasteiger partial charge is 0.349 e. The molecule has 0 spiro atoms. The van der Waals surface area contributed by atoms with E-state index >= 15 is 0 Å². The molecule has 80 valence electrons. The van der Waals surface area contributed by atoms with Crippen molar-refractivity contribution in [1.29, 1.82) is 0 Å². The predicted octanol–water partition coefficient (Wildman–Crippen LogP) is 1.52. The fraction of sp³-hybridized carbons (Fsp3) is 0.273. The molecule has 1 aromatic heterocycles. The van der Waals surface area contributed by atoms with Crippen LogP contribution in [0.4, 0.5) is 5.82 Å². The standard InChI is InChI=1S/C11H15N3O/c1-3-5-9(6-4-2)14-8-7-10(12)13-11(14)15/h3-4,7-9H,1-2,5-6H2,(H2,12,13,15). The summed E-state index contributed by atoms with van der Waals surface area (Å²) in [6, 6.07) is 1.64. The molecule has 4 heteroatoms. The van der Waals surface area contributed by atoms with E-state index in [1.165, 1.54) is 0 Å². The highest BCUT2D eigenvalue weighted by atomic mass is 16.1. The van der Waals surface area contributed by atoms with Gasteiger partial charge in [-0.25, -0.2) is 4.79 Å². The van der Waals surface area contributed by atoms with Crippen molar-refractivity contribution in [3.05, 3.63) is 48.1 Å². The van der Waals surface area contributed by atoms with E-state index in [-0.39, 0.29) is 17.5 Å². The SMILES string of the molecule is C=CCC(CC=C)n1ccc(N)nc1=O. The summed E-state index contributed by atoms with van der Waals surface area (Å²) in [6.45, 7) is 7.32. The van der Waals surface area contributed by atoms with Gasteiger partial charge in [0.15, 0.2) is 0 Å². The predicted molar refractivity (Wildman–Crippen MR) is 61.6 cm³/mol. The van der Waals surface area contributed by atoms with Crippen LogP contribution in [0.25, 0.3) is 0 Å². The quantitative estimate of drug-likeness (QED) is 0.741. The number of anilines is 1. The van der Waals surface area contributed by atoms with E-state index in [1.54, 1.807) is 29.0 Å². The molecular formula is C11H15N3O. The van der Waals surface area contributed by atoms with Gasteiger partial charge in [0.05, 0.1) is 0 Å². The molecular weight excluding hydrogens is 190 g/mol. The number of nitrogen functional groups attached to an aromatic ring is 1. The summed E-state index contributed by atoms with van der Waals surface area (Å²) in [7, 11) is 0. The Morgan fingerprint density at radius 2 is 2.07 bits per heavy atom. The van der Waals surface area contributed by atoms with E-state index in [0.717, 1.165) is 0 Å². The van der Waals surface area contributed by atoms with Crippen LogP contribution in [0.2, 0.25) is 0 Å². The molecule has 0 aromatic carbocycles. The normalized spacial score (nSPS) is 10.2. The van der Waals surface area contributed by atoms with Crippen LogP contribution >= 0.6 is 0 Å². The van der Waals surface area contributed by atoms with Gasteiger partial charge in [0, 0.05) is 12.2 Å². The van der Waals surface area contributed by atoms with E-state index < -0.39 is 0 Å². The number of hydrogen-bond donors (Lipinski definition) is 1. The van der Waals surface area contributed by atoms with Gasteiger partial charge < -0.3 is 5.73 Å². The minimum Gasteiger partial charge on any atom is -0.383 e. The van der Waals surface area contributed by atoms with Gasteiger partial charge in [-0.05, 0) is 18.9 Å². The Hall–Kier alpha value is -1.84. The molecule has 0 saturated carbocycles. The Bertz CT molecular complexity index is 399. The number of aromatic nitrogens is 2. The van der Waals surface area contributed by atoms with E-state index in [9.17, 15) is 4.79 Å². The summed E-state index contributed by atoms with van der Waals surface area (Å²) in [5, 5.41) is 0. The minimum atomic E-state index is -0.330. The lowest BCUT2D eigenvalue weighted by molar-refractivity contribution is 0.489. The fourth-order valence-electron chi connectivity index (χ4n) is 1.41. The second-order valence-corrected chi connectivity index (χ2v) is 3.24. The topological polar surface area (TPSA) is 60.9 Å². The molecule has 1 heterocycles. The highest BCUT2D eigenvalue weighted by Crippen LogP contribution is 2.14. The molecule has 2 N–H and O–H groups in total. The highest BCUT2D eigenvalue weighted by Gasteiger charge is 2.09. The van der Waals surface area contributed by atoms with Crippen molar-refractivity contribution in [3.63, 3.8) is 0 Å². The third kappa shape index (κ3) is 2.80. The minimum absolute atomic E-state index is 0.0283. The Balaban J connectivity index is 3.04. The zero-order valence-corrected chi connectivity index (χ0v) is 8.60. The molecule has 0 aliphatic heterocycles. The Kier molecular flexibility index (Phi) is 3.85. The second kappa shape index (κ2) is 5.14. The maximum atomic E-state index is 11.5. The van der Waals surface area contributed by atoms with E-state index in [2.05, 4.69) is 18.1 Å². The highest BCUT2D eigenvalue weighted by molar-refractivity contribution is 5.23. The number of allylic oxidation sites excluding steroid dienone is 2. The lowest BCUT2D eigenvalue weighted by Gasteiger charge is -2.15. The first-order chi connectivity index (χ1) is 7.19. The van der Waals surface area contributed by atoms with Crippen LogP contribution < -0.4 is 11.4 Å². The van der Waals surface area contributed by atoms with Gasteiger partial charge in [-0.1, -0.05) is 12.2 Å². The van der Waals surface area contributed by atoms with Gasteiger partial charge >= 0.3 is 5.69 Å². The molecule has 15 heavy (non-hydrogen) atoms. The third-order valence-corrected chi connectivity index (χ3v) is 2.12. The van der Waals surface area contributed by atoms with Gasteiger partial charge in [0.25, 0.3) is 0 Å². The summed E-state index contributed by atoms with van der Waals surface area (Å²) in [5.74, 6) is 0.243. The zero-order chi connectivity index (χ0) is 11.3.